The summed E-state index contributed by atoms with van der Waals surface area (Å²) in [4.78, 5) is 0. The summed E-state index contributed by atoms with van der Waals surface area (Å²) in [6.45, 7) is 0.607. The van der Waals surface area contributed by atoms with Crippen LogP contribution in [0.3, 0.4) is 0 Å². The summed E-state index contributed by atoms with van der Waals surface area (Å²) in [6.07, 6.45) is 0. The van der Waals surface area contributed by atoms with Gasteiger partial charge in [-0.15, -0.1) is 0 Å². The van der Waals surface area contributed by atoms with Crippen LogP contribution in [0.4, 0.5) is 17.1 Å². The first-order valence-corrected chi connectivity index (χ1v) is 7.93. The van der Waals surface area contributed by atoms with Crippen molar-refractivity contribution in [3.8, 4) is 0 Å². The molecule has 0 saturated heterocycles. The molecule has 0 saturated carbocycles. The number of ether oxygens (including phenoxy) is 1. The van der Waals surface area contributed by atoms with Gasteiger partial charge in [0.05, 0.1) is 0 Å². The van der Waals surface area contributed by atoms with Gasteiger partial charge in [0.15, 0.2) is 0 Å². The number of fused-ring (bicyclic) bond motifs is 1. The van der Waals surface area contributed by atoms with Gasteiger partial charge in [-0.1, -0.05) is 0 Å². The van der Waals surface area contributed by atoms with E-state index in [1.54, 1.807) is 7.11 Å². The molecule has 1 N–H and O–H groups in total. The Morgan fingerprint density at radius 2 is 1.95 bits per heavy atom. The summed E-state index contributed by atoms with van der Waals surface area (Å²) in [7, 11) is 1.72. The quantitative estimate of drug-likeness (QED) is 0.722. The molecule has 0 fully saturated rings. The normalized spacial score (nSPS) is 13.7. The Hall–Kier alpha value is -1.68. The molecule has 1 aliphatic heterocycles. The van der Waals surface area contributed by atoms with E-state index in [4.69, 9.17) is 4.74 Å². The zero-order chi connectivity index (χ0) is 13.8. The standard InChI is InChI=1S/C15H15N3OSe/c1-19-10-14(11-6-3-2-4-7-11)16-12-8-5-9-13-15(12)18-20-17-13/h2-9,14,16H,10H2,1H3. The zero-order valence-electron chi connectivity index (χ0n) is 11.1. The third-order valence-electron chi connectivity index (χ3n) is 3.15. The molecule has 20 heavy (non-hydrogen) atoms. The van der Waals surface area contributed by atoms with Crippen molar-refractivity contribution in [1.82, 2.24) is 0 Å². The molecule has 2 aromatic carbocycles. The Balaban J connectivity index is 1.88. The zero-order valence-corrected chi connectivity index (χ0v) is 12.8. The molecule has 0 aromatic heterocycles. The predicted molar refractivity (Wildman–Crippen MR) is 81.1 cm³/mol. The van der Waals surface area contributed by atoms with Crippen molar-refractivity contribution < 1.29 is 4.74 Å². The van der Waals surface area contributed by atoms with Gasteiger partial charge in [0.25, 0.3) is 0 Å². The van der Waals surface area contributed by atoms with E-state index >= 15 is 0 Å². The van der Waals surface area contributed by atoms with Crippen LogP contribution in [-0.2, 0) is 4.74 Å². The van der Waals surface area contributed by atoms with Crippen LogP contribution < -0.4 is 5.32 Å². The molecular formula is C15H15N3OSe. The Bertz CT molecular complexity index is 666. The molecule has 3 rings (SSSR count). The number of benzene rings is 2. The number of nitrogens with one attached hydrogen (secondary N) is 1. The van der Waals surface area contributed by atoms with Crippen LogP contribution in [0, 0.1) is 0 Å². The Morgan fingerprint density at radius 3 is 2.75 bits per heavy atom. The van der Waals surface area contributed by atoms with Crippen LogP contribution in [0.15, 0.2) is 56.5 Å². The van der Waals surface area contributed by atoms with E-state index in [1.165, 1.54) is 5.56 Å². The van der Waals surface area contributed by atoms with Crippen molar-refractivity contribution in [2.24, 2.45) is 7.92 Å². The molecule has 0 aliphatic carbocycles. The maximum atomic E-state index is 5.34. The van der Waals surface area contributed by atoms with Gasteiger partial charge in [0, 0.05) is 0 Å². The molecule has 4 nitrogen and oxygen atoms in total. The van der Waals surface area contributed by atoms with Gasteiger partial charge in [-0.05, 0) is 0 Å². The Kier molecular flexibility index (Phi) is 4.11. The molecule has 1 aliphatic rings. The van der Waals surface area contributed by atoms with Gasteiger partial charge in [0.1, 0.15) is 0 Å². The van der Waals surface area contributed by atoms with Crippen molar-refractivity contribution in [3.05, 3.63) is 54.1 Å². The van der Waals surface area contributed by atoms with E-state index in [0.717, 1.165) is 17.1 Å². The number of nitrogens with zero attached hydrogens (tertiary/aromatic N) is 2. The molecule has 1 unspecified atom stereocenters. The van der Waals surface area contributed by atoms with Crippen molar-refractivity contribution in [2.75, 3.05) is 19.0 Å². The summed E-state index contributed by atoms with van der Waals surface area (Å²) in [5.41, 5.74) is 4.19. The second kappa shape index (κ2) is 6.18. The van der Waals surface area contributed by atoms with E-state index in [0.29, 0.717) is 6.61 Å². The van der Waals surface area contributed by atoms with Crippen molar-refractivity contribution >= 4 is 31.6 Å². The Labute approximate surface area is 123 Å². The van der Waals surface area contributed by atoms with Gasteiger partial charge in [-0.25, -0.2) is 0 Å². The van der Waals surface area contributed by atoms with E-state index in [2.05, 4.69) is 25.4 Å². The molecule has 1 atom stereocenters. The molecule has 0 spiro atoms. The molecular weight excluding hydrogens is 317 g/mol. The first kappa shape index (κ1) is 13.3. The third-order valence-corrected chi connectivity index (χ3v) is 4.29. The first-order chi connectivity index (χ1) is 9.88. The molecule has 5 heteroatoms. The fourth-order valence-electron chi connectivity index (χ4n) is 2.18. The second-order valence-electron chi connectivity index (χ2n) is 4.50. The summed E-state index contributed by atoms with van der Waals surface area (Å²) < 4.78 is 14.2. The Morgan fingerprint density at radius 1 is 1.10 bits per heavy atom. The topological polar surface area (TPSA) is 46.0 Å². The monoisotopic (exact) mass is 333 g/mol. The van der Waals surface area contributed by atoms with Crippen LogP contribution >= 0.6 is 0 Å². The van der Waals surface area contributed by atoms with Crippen LogP contribution in [0.1, 0.15) is 11.6 Å². The minimum absolute atomic E-state index is 0.0103. The second-order valence-corrected chi connectivity index (χ2v) is 5.61. The van der Waals surface area contributed by atoms with Gasteiger partial charge >= 0.3 is 123 Å². The van der Waals surface area contributed by atoms with E-state index in [9.17, 15) is 0 Å². The fraction of sp³-hybridized carbons (Fsp3) is 0.200. The van der Waals surface area contributed by atoms with E-state index in [-0.39, 0.29) is 20.6 Å². The predicted octanol–water partition coefficient (Wildman–Crippen LogP) is 3.83. The maximum absolute atomic E-state index is 5.34. The molecule has 0 bridgehead atoms. The fourth-order valence-corrected chi connectivity index (χ4v) is 3.34. The number of methoxy groups -OCH3 is 1. The van der Waals surface area contributed by atoms with Crippen molar-refractivity contribution in [3.63, 3.8) is 0 Å². The van der Waals surface area contributed by atoms with Crippen molar-refractivity contribution in [2.45, 2.75) is 6.04 Å². The van der Waals surface area contributed by atoms with E-state index in [1.807, 2.05) is 36.4 Å². The number of anilines is 1. The van der Waals surface area contributed by atoms with Crippen LogP contribution in [0.2, 0.25) is 0 Å². The summed E-state index contributed by atoms with van der Waals surface area (Å²) in [6, 6.07) is 16.5. The number of hydrogen-bond donors (Lipinski definition) is 1. The van der Waals surface area contributed by atoms with Crippen LogP contribution in [-0.4, -0.2) is 28.3 Å². The summed E-state index contributed by atoms with van der Waals surface area (Å²) >= 11 is -0.0103. The summed E-state index contributed by atoms with van der Waals surface area (Å²) in [5, 5.41) is 3.53. The first-order valence-electron chi connectivity index (χ1n) is 6.40. The van der Waals surface area contributed by atoms with E-state index < -0.39 is 0 Å². The van der Waals surface area contributed by atoms with Gasteiger partial charge in [-0.2, -0.15) is 0 Å². The van der Waals surface area contributed by atoms with Gasteiger partial charge in [-0.3, -0.25) is 0 Å². The van der Waals surface area contributed by atoms with Crippen molar-refractivity contribution in [1.29, 1.82) is 0 Å². The minimum atomic E-state index is -0.0103. The van der Waals surface area contributed by atoms with Gasteiger partial charge < -0.3 is 0 Å². The molecule has 1 heterocycles. The van der Waals surface area contributed by atoms with Crippen LogP contribution in [0.5, 0.6) is 0 Å². The molecule has 0 amide bonds. The molecule has 0 radical (unpaired) electrons. The third kappa shape index (κ3) is 2.75. The summed E-state index contributed by atoms with van der Waals surface area (Å²) in [5.74, 6) is 0. The average Bonchev–Trinajstić information content (AvgIpc) is 2.97. The molecule has 102 valence electrons. The molecule has 2 aromatic rings. The number of rotatable bonds is 5. The number of hydrogen-bond acceptors (Lipinski definition) is 4. The van der Waals surface area contributed by atoms with Gasteiger partial charge in [0.2, 0.25) is 0 Å². The van der Waals surface area contributed by atoms with Crippen LogP contribution in [0.25, 0.3) is 0 Å². The average molecular weight is 332 g/mol. The SMILES string of the molecule is COCC(Nc1cccc2c1N=[Se]=N2)c1ccccc1.